The van der Waals surface area contributed by atoms with E-state index in [1.54, 1.807) is 36.4 Å². The van der Waals surface area contributed by atoms with Crippen LogP contribution in [-0.2, 0) is 14.8 Å². The molecule has 39 heavy (non-hydrogen) atoms. The molecular weight excluding hydrogens is 602 g/mol. The summed E-state index contributed by atoms with van der Waals surface area (Å²) in [5.41, 5.74) is 5.79. The van der Waals surface area contributed by atoms with Crippen LogP contribution in [0.5, 0.6) is 0 Å². The van der Waals surface area contributed by atoms with Crippen molar-refractivity contribution in [1.82, 2.24) is 9.99 Å². The topological polar surface area (TPSA) is 83.8 Å². The highest BCUT2D eigenvalue weighted by Crippen LogP contribution is 2.35. The number of hydrazone groups is 1. The smallest absolute Gasteiger partial charge is 0.264 e. The number of sulfonamides is 1. The number of hydrogen-bond acceptors (Lipinski definition) is 4. The van der Waals surface area contributed by atoms with Crippen LogP contribution in [0.1, 0.15) is 17.0 Å². The third-order valence-electron chi connectivity index (χ3n) is 5.84. The minimum Gasteiger partial charge on any atom is -0.318 e. The molecule has 0 aliphatic heterocycles. The number of amides is 1. The number of nitrogens with zero attached hydrogens (tertiary/aromatic N) is 3. The molecule has 4 rings (SSSR count). The lowest BCUT2D eigenvalue weighted by Crippen LogP contribution is -2.39. The quantitative estimate of drug-likeness (QED) is 0.169. The highest BCUT2D eigenvalue weighted by molar-refractivity contribution is 7.92. The molecule has 1 N–H and O–H groups in total. The molecule has 0 saturated heterocycles. The molecule has 0 saturated carbocycles. The molecule has 0 aliphatic carbocycles. The maximum atomic E-state index is 13.5. The normalized spacial score (nSPS) is 11.6. The summed E-state index contributed by atoms with van der Waals surface area (Å²) in [4.78, 5) is 12.9. The van der Waals surface area contributed by atoms with Crippen LogP contribution in [0, 0.1) is 13.8 Å². The lowest BCUT2D eigenvalue weighted by Gasteiger charge is -2.24. The van der Waals surface area contributed by atoms with Crippen molar-refractivity contribution < 1.29 is 13.2 Å². The molecule has 1 aromatic heterocycles. The van der Waals surface area contributed by atoms with Crippen LogP contribution >= 0.6 is 46.4 Å². The molecule has 0 unspecified atom stereocenters. The van der Waals surface area contributed by atoms with Gasteiger partial charge in [0.2, 0.25) is 0 Å². The predicted molar refractivity (Wildman–Crippen MR) is 158 cm³/mol. The minimum atomic E-state index is -4.16. The monoisotopic (exact) mass is 622 g/mol. The molecule has 12 heteroatoms. The van der Waals surface area contributed by atoms with Gasteiger partial charge >= 0.3 is 0 Å². The van der Waals surface area contributed by atoms with Crippen molar-refractivity contribution >= 4 is 74.2 Å². The molecule has 0 aliphatic rings. The lowest BCUT2D eigenvalue weighted by atomic mass is 10.2. The predicted octanol–water partition coefficient (Wildman–Crippen LogP) is 7.05. The number of benzene rings is 3. The van der Waals surface area contributed by atoms with E-state index in [1.165, 1.54) is 30.5 Å². The van der Waals surface area contributed by atoms with Crippen molar-refractivity contribution in [3.05, 3.63) is 110 Å². The fraction of sp³-hybridized carbons (Fsp3) is 0.111. The van der Waals surface area contributed by atoms with E-state index in [-0.39, 0.29) is 20.6 Å². The van der Waals surface area contributed by atoms with Gasteiger partial charge in [-0.05, 0) is 62.4 Å². The van der Waals surface area contributed by atoms with Crippen molar-refractivity contribution in [2.24, 2.45) is 5.10 Å². The Labute approximate surface area is 246 Å². The number of nitrogens with one attached hydrogen (secondary N) is 1. The Morgan fingerprint density at radius 3 is 2.33 bits per heavy atom. The van der Waals surface area contributed by atoms with Gasteiger partial charge in [0, 0.05) is 22.6 Å². The SMILES string of the molecule is Cc1cc(/C=N\NC(=O)CN(c2cccc(Cl)c2Cl)S(=O)(=O)c2ccccc2)c(C)n1-c1ccc(Cl)c(Cl)c1. The van der Waals surface area contributed by atoms with E-state index >= 15 is 0 Å². The van der Waals surface area contributed by atoms with Gasteiger partial charge < -0.3 is 4.57 Å². The van der Waals surface area contributed by atoms with Crippen LogP contribution in [0.15, 0.2) is 82.8 Å². The molecule has 1 heterocycles. The molecule has 4 aromatic rings. The summed E-state index contributed by atoms with van der Waals surface area (Å²) in [7, 11) is -4.16. The molecule has 202 valence electrons. The van der Waals surface area contributed by atoms with Gasteiger partial charge in [-0.15, -0.1) is 0 Å². The maximum absolute atomic E-state index is 13.5. The summed E-state index contributed by atoms with van der Waals surface area (Å²) >= 11 is 24.7. The first-order valence-electron chi connectivity index (χ1n) is 11.5. The van der Waals surface area contributed by atoms with Gasteiger partial charge in [-0.25, -0.2) is 13.8 Å². The molecule has 0 fully saturated rings. The first-order valence-corrected chi connectivity index (χ1v) is 14.4. The zero-order valence-corrected chi connectivity index (χ0v) is 24.5. The molecule has 1 amide bonds. The van der Waals surface area contributed by atoms with E-state index in [9.17, 15) is 13.2 Å². The highest BCUT2D eigenvalue weighted by atomic mass is 35.5. The fourth-order valence-electron chi connectivity index (χ4n) is 3.98. The highest BCUT2D eigenvalue weighted by Gasteiger charge is 2.29. The van der Waals surface area contributed by atoms with Crippen LogP contribution in [0.4, 0.5) is 5.69 Å². The van der Waals surface area contributed by atoms with Gasteiger partial charge in [0.1, 0.15) is 6.54 Å². The van der Waals surface area contributed by atoms with Crippen LogP contribution in [-0.4, -0.2) is 31.7 Å². The number of anilines is 1. The molecule has 7 nitrogen and oxygen atoms in total. The second-order valence-electron chi connectivity index (χ2n) is 8.45. The number of aromatic nitrogens is 1. The summed E-state index contributed by atoms with van der Waals surface area (Å²) in [6.07, 6.45) is 1.48. The number of carbonyl (C=O) groups excluding carboxylic acids is 1. The van der Waals surface area contributed by atoms with Crippen molar-refractivity contribution in [2.45, 2.75) is 18.7 Å². The molecule has 0 spiro atoms. The van der Waals surface area contributed by atoms with Gasteiger partial charge in [0.05, 0.1) is 36.9 Å². The van der Waals surface area contributed by atoms with E-state index in [4.69, 9.17) is 46.4 Å². The van der Waals surface area contributed by atoms with Gasteiger partial charge in [-0.3, -0.25) is 9.10 Å². The summed E-state index contributed by atoms with van der Waals surface area (Å²) in [5, 5.41) is 5.10. The number of halogens is 4. The largest absolute Gasteiger partial charge is 0.318 e. The Morgan fingerprint density at radius 2 is 1.64 bits per heavy atom. The van der Waals surface area contributed by atoms with Crippen molar-refractivity contribution in [3.63, 3.8) is 0 Å². The van der Waals surface area contributed by atoms with Gasteiger partial charge in [0.25, 0.3) is 15.9 Å². The Hall–Kier alpha value is -3.01. The zero-order chi connectivity index (χ0) is 28.3. The van der Waals surface area contributed by atoms with E-state index in [0.29, 0.717) is 10.0 Å². The van der Waals surface area contributed by atoms with Crippen molar-refractivity contribution in [3.8, 4) is 5.69 Å². The molecular formula is C27H22Cl4N4O3S. The van der Waals surface area contributed by atoms with Crippen LogP contribution in [0.3, 0.4) is 0 Å². The Balaban J connectivity index is 1.58. The summed E-state index contributed by atoms with van der Waals surface area (Å²) < 4.78 is 29.8. The molecule has 0 radical (unpaired) electrons. The van der Waals surface area contributed by atoms with Gasteiger partial charge in [-0.1, -0.05) is 70.7 Å². The van der Waals surface area contributed by atoms with E-state index in [1.807, 2.05) is 30.5 Å². The number of hydrogen-bond donors (Lipinski definition) is 1. The van der Waals surface area contributed by atoms with Crippen LogP contribution in [0.25, 0.3) is 5.69 Å². The first-order chi connectivity index (χ1) is 18.5. The maximum Gasteiger partial charge on any atom is 0.264 e. The van der Waals surface area contributed by atoms with Crippen molar-refractivity contribution in [1.29, 1.82) is 0 Å². The molecule has 0 bridgehead atoms. The standard InChI is InChI=1S/C27H22Cl4N4O3S/c1-17-13-19(18(2)35(17)20-11-12-22(28)24(30)14-20)15-32-33-26(36)16-34(25-10-6-9-23(29)27(25)31)39(37,38)21-7-4-3-5-8-21/h3-15H,16H2,1-2H3,(H,33,36)/b32-15-. The van der Waals surface area contributed by atoms with E-state index < -0.39 is 22.5 Å². The summed E-state index contributed by atoms with van der Waals surface area (Å²) in [6, 6.07) is 19.5. The number of aryl methyl sites for hydroxylation is 1. The second-order valence-corrected chi connectivity index (χ2v) is 11.9. The molecule has 0 atom stereocenters. The average Bonchev–Trinajstić information content (AvgIpc) is 3.19. The second kappa shape index (κ2) is 12.0. The van der Waals surface area contributed by atoms with E-state index in [0.717, 1.165) is 26.9 Å². The molecule has 3 aromatic carbocycles. The summed E-state index contributed by atoms with van der Waals surface area (Å²) in [5.74, 6) is -0.680. The number of rotatable bonds is 8. The lowest BCUT2D eigenvalue weighted by molar-refractivity contribution is -0.119. The van der Waals surface area contributed by atoms with Crippen LogP contribution in [0.2, 0.25) is 20.1 Å². The average molecular weight is 624 g/mol. The third kappa shape index (κ3) is 6.26. The minimum absolute atomic E-state index is 0.00437. The third-order valence-corrected chi connectivity index (χ3v) is 9.16. The van der Waals surface area contributed by atoms with E-state index in [2.05, 4.69) is 10.5 Å². The van der Waals surface area contributed by atoms with Crippen LogP contribution < -0.4 is 9.73 Å². The first kappa shape index (κ1) is 29.0. The Morgan fingerprint density at radius 1 is 0.923 bits per heavy atom. The Bertz CT molecular complexity index is 1670. The Kier molecular flexibility index (Phi) is 8.93. The van der Waals surface area contributed by atoms with Crippen molar-refractivity contribution in [2.75, 3.05) is 10.8 Å². The fourth-order valence-corrected chi connectivity index (χ4v) is 6.18. The number of carbonyl (C=O) groups is 1. The zero-order valence-electron chi connectivity index (χ0n) is 20.7. The van der Waals surface area contributed by atoms with Gasteiger partial charge in [0.15, 0.2) is 0 Å². The summed E-state index contributed by atoms with van der Waals surface area (Å²) in [6.45, 7) is 3.23. The van der Waals surface area contributed by atoms with Gasteiger partial charge in [-0.2, -0.15) is 5.10 Å².